The number of alkyl halides is 1. The Morgan fingerprint density at radius 2 is 1.81 bits per heavy atom. The first-order chi connectivity index (χ1) is 20.7. The highest BCUT2D eigenvalue weighted by molar-refractivity contribution is 5.93. The molecule has 2 fully saturated rings. The summed E-state index contributed by atoms with van der Waals surface area (Å²) in [5.41, 5.74) is 13.3. The summed E-state index contributed by atoms with van der Waals surface area (Å²) >= 11 is 0. The fourth-order valence-electron chi connectivity index (χ4n) is 7.50. The highest BCUT2D eigenvalue weighted by Crippen LogP contribution is 2.41. The first-order valence-corrected chi connectivity index (χ1v) is 16.7. The first-order valence-electron chi connectivity index (χ1n) is 16.7. The fraction of sp³-hybridized carbons (Fsp3) is 0.568. The molecule has 2 aromatic heterocycles. The summed E-state index contributed by atoms with van der Waals surface area (Å²) in [6, 6.07) is 7.24. The average molecular weight is 586 g/mol. The maximum atomic E-state index is 13.6. The number of aryl methyl sites for hydroxylation is 2. The van der Waals surface area contributed by atoms with E-state index in [1.165, 1.54) is 50.2 Å². The van der Waals surface area contributed by atoms with Crippen molar-refractivity contribution in [2.45, 2.75) is 98.6 Å². The monoisotopic (exact) mass is 585 g/mol. The van der Waals surface area contributed by atoms with Crippen molar-refractivity contribution in [2.75, 3.05) is 32.7 Å². The minimum absolute atomic E-state index is 0.389. The molecule has 0 bridgehead atoms. The molecule has 1 aromatic carbocycles. The van der Waals surface area contributed by atoms with E-state index < -0.39 is 6.17 Å². The van der Waals surface area contributed by atoms with Gasteiger partial charge in [-0.25, -0.2) is 13.9 Å². The Bertz CT molecular complexity index is 1460. The molecule has 5 nitrogen and oxygen atoms in total. The number of fused-ring (bicyclic) bond motifs is 1. The van der Waals surface area contributed by atoms with Gasteiger partial charge in [0.25, 0.3) is 0 Å². The van der Waals surface area contributed by atoms with E-state index >= 15 is 0 Å². The zero-order valence-electron chi connectivity index (χ0n) is 27.4. The van der Waals surface area contributed by atoms with E-state index in [9.17, 15) is 4.39 Å². The molecule has 2 saturated heterocycles. The second kappa shape index (κ2) is 13.8. The minimum atomic E-state index is -0.650. The molecule has 43 heavy (non-hydrogen) atoms. The third-order valence-electron chi connectivity index (χ3n) is 9.92. The van der Waals surface area contributed by atoms with Gasteiger partial charge in [0.1, 0.15) is 12.5 Å². The molecular formula is C37H52FN5. The quantitative estimate of drug-likeness (QED) is 0.226. The molecule has 232 valence electrons. The molecule has 0 aliphatic carbocycles. The second-order valence-corrected chi connectivity index (χ2v) is 13.2. The molecule has 5 rings (SSSR count). The predicted octanol–water partition coefficient (Wildman–Crippen LogP) is 8.40. The number of hydrogen-bond donors (Lipinski definition) is 0. The van der Waals surface area contributed by atoms with Crippen molar-refractivity contribution >= 4 is 16.8 Å². The number of nitrogens with zero attached hydrogens (tertiary/aromatic N) is 5. The van der Waals surface area contributed by atoms with Crippen molar-refractivity contribution in [3.63, 3.8) is 0 Å². The molecule has 0 saturated carbocycles. The van der Waals surface area contributed by atoms with E-state index in [1.807, 2.05) is 4.52 Å². The van der Waals surface area contributed by atoms with Gasteiger partial charge in [0, 0.05) is 44.6 Å². The van der Waals surface area contributed by atoms with Gasteiger partial charge in [0.2, 0.25) is 0 Å². The molecule has 0 N–H and O–H groups in total. The van der Waals surface area contributed by atoms with E-state index in [4.69, 9.17) is 0 Å². The Morgan fingerprint density at radius 1 is 1.05 bits per heavy atom. The standard InChI is InChI=1S/C37H52FN5/c1-8-10-33(35-23-43-37(39-24-40-43)28(7)32(35)9-2)36(25(3)4)34-21-30(12-11-26(34)5)29-14-19-42(20-15-29)27(6)13-17-41-18-16-31(38)22-41/h11-12,21,23-25,29,31H,6,8-10,13-20,22H2,1-5,7H3/b36-33+/t31-/m1/s1. The number of rotatable bonds is 11. The number of likely N-dealkylation sites (tertiary alicyclic amines) is 2. The molecule has 2 aliphatic heterocycles. The van der Waals surface area contributed by atoms with Crippen molar-refractivity contribution in [2.24, 2.45) is 5.92 Å². The zero-order valence-corrected chi connectivity index (χ0v) is 27.4. The Balaban J connectivity index is 1.41. The van der Waals surface area contributed by atoms with Crippen LogP contribution < -0.4 is 0 Å². The zero-order chi connectivity index (χ0) is 30.7. The molecule has 0 unspecified atom stereocenters. The summed E-state index contributed by atoms with van der Waals surface area (Å²) < 4.78 is 15.5. The van der Waals surface area contributed by atoms with Gasteiger partial charge in [-0.2, -0.15) is 5.10 Å². The summed E-state index contributed by atoms with van der Waals surface area (Å²) in [4.78, 5) is 9.27. The number of aromatic nitrogens is 3. The Kier molecular flexibility index (Phi) is 10.1. The lowest BCUT2D eigenvalue weighted by molar-refractivity contribution is 0.240. The molecular weight excluding hydrogens is 533 g/mol. The molecule has 3 aromatic rings. The predicted molar refractivity (Wildman–Crippen MR) is 178 cm³/mol. The van der Waals surface area contributed by atoms with Crippen LogP contribution >= 0.6 is 0 Å². The molecule has 6 heteroatoms. The minimum Gasteiger partial charge on any atom is -0.375 e. The van der Waals surface area contributed by atoms with Gasteiger partial charge in [0.05, 0.1) is 0 Å². The van der Waals surface area contributed by atoms with Crippen LogP contribution in [0.25, 0.3) is 16.8 Å². The van der Waals surface area contributed by atoms with Gasteiger partial charge in [-0.05, 0) is 109 Å². The highest BCUT2D eigenvalue weighted by atomic mass is 19.1. The Hall–Kier alpha value is -2.99. The van der Waals surface area contributed by atoms with Crippen molar-refractivity contribution in [1.82, 2.24) is 24.4 Å². The van der Waals surface area contributed by atoms with Gasteiger partial charge in [-0.1, -0.05) is 58.9 Å². The smallest absolute Gasteiger partial charge is 0.158 e. The largest absolute Gasteiger partial charge is 0.375 e. The van der Waals surface area contributed by atoms with Crippen LogP contribution in [0.5, 0.6) is 0 Å². The normalized spacial score (nSPS) is 19.1. The third kappa shape index (κ3) is 6.74. The van der Waals surface area contributed by atoms with Crippen LogP contribution in [0, 0.1) is 19.8 Å². The van der Waals surface area contributed by atoms with E-state index in [1.54, 1.807) is 6.33 Å². The van der Waals surface area contributed by atoms with E-state index in [-0.39, 0.29) is 0 Å². The Morgan fingerprint density at radius 3 is 2.47 bits per heavy atom. The summed E-state index contributed by atoms with van der Waals surface area (Å²) in [5.74, 6) is 0.942. The van der Waals surface area contributed by atoms with E-state index in [0.717, 1.165) is 70.4 Å². The van der Waals surface area contributed by atoms with Crippen LogP contribution in [0.1, 0.15) is 106 Å². The molecule has 1 atom stereocenters. The molecule has 0 amide bonds. The lowest BCUT2D eigenvalue weighted by Crippen LogP contribution is -2.33. The van der Waals surface area contributed by atoms with Crippen LogP contribution in [-0.4, -0.2) is 63.3 Å². The number of benzene rings is 1. The summed E-state index contributed by atoms with van der Waals surface area (Å²) in [5, 5.41) is 4.54. The van der Waals surface area contributed by atoms with Crippen LogP contribution in [-0.2, 0) is 6.42 Å². The average Bonchev–Trinajstić information content (AvgIpc) is 3.65. The molecule has 2 aliphatic rings. The maximum Gasteiger partial charge on any atom is 0.158 e. The summed E-state index contributed by atoms with van der Waals surface area (Å²) in [6.45, 7) is 22.6. The molecule has 0 spiro atoms. The van der Waals surface area contributed by atoms with E-state index in [0.29, 0.717) is 24.8 Å². The maximum absolute atomic E-state index is 13.6. The van der Waals surface area contributed by atoms with Crippen molar-refractivity contribution in [3.05, 3.63) is 76.4 Å². The highest BCUT2D eigenvalue weighted by Gasteiger charge is 2.26. The van der Waals surface area contributed by atoms with Gasteiger partial charge in [-0.3, -0.25) is 4.90 Å². The van der Waals surface area contributed by atoms with Gasteiger partial charge < -0.3 is 4.90 Å². The number of piperidine rings is 1. The van der Waals surface area contributed by atoms with Gasteiger partial charge >= 0.3 is 0 Å². The van der Waals surface area contributed by atoms with E-state index in [2.05, 4.69) is 92.4 Å². The summed E-state index contributed by atoms with van der Waals surface area (Å²) in [6.07, 6.45) is 10.2. The van der Waals surface area contributed by atoms with Gasteiger partial charge in [0.15, 0.2) is 5.65 Å². The number of halogens is 1. The van der Waals surface area contributed by atoms with Crippen LogP contribution in [0.15, 0.2) is 43.0 Å². The second-order valence-electron chi connectivity index (χ2n) is 13.2. The van der Waals surface area contributed by atoms with Crippen LogP contribution in [0.4, 0.5) is 4.39 Å². The third-order valence-corrected chi connectivity index (χ3v) is 9.92. The summed E-state index contributed by atoms with van der Waals surface area (Å²) in [7, 11) is 0. The lowest BCUT2D eigenvalue weighted by atomic mass is 9.80. The van der Waals surface area contributed by atoms with Crippen LogP contribution in [0.2, 0.25) is 0 Å². The topological polar surface area (TPSA) is 36.7 Å². The van der Waals surface area contributed by atoms with Crippen molar-refractivity contribution < 1.29 is 4.39 Å². The lowest BCUT2D eigenvalue weighted by Gasteiger charge is -2.36. The SMILES string of the molecule is C=C(CCN1CC[C@@H](F)C1)N1CCC(c2ccc(C)c(/C(=C(\CCC)c3cn4ncnc4c(C)c3CC)C(C)C)c2)CC1. The first kappa shape index (κ1) is 31.4. The Labute approximate surface area is 258 Å². The van der Waals surface area contributed by atoms with Crippen molar-refractivity contribution in [1.29, 1.82) is 0 Å². The molecule has 0 radical (unpaired) electrons. The number of hydrogen-bond acceptors (Lipinski definition) is 4. The fourth-order valence-corrected chi connectivity index (χ4v) is 7.50. The van der Waals surface area contributed by atoms with Crippen LogP contribution in [0.3, 0.4) is 0 Å². The number of pyridine rings is 1. The van der Waals surface area contributed by atoms with Crippen molar-refractivity contribution in [3.8, 4) is 0 Å². The molecule has 4 heterocycles. The number of allylic oxidation sites excluding steroid dienone is 2. The van der Waals surface area contributed by atoms with Gasteiger partial charge in [-0.15, -0.1) is 0 Å².